The van der Waals surface area contributed by atoms with Gasteiger partial charge in [-0.05, 0) is 65.7 Å². The van der Waals surface area contributed by atoms with E-state index in [4.69, 9.17) is 28.8 Å². The van der Waals surface area contributed by atoms with Crippen LogP contribution in [-0.4, -0.2) is 19.9 Å². The summed E-state index contributed by atoms with van der Waals surface area (Å²) in [6.45, 7) is 0. The Labute approximate surface area is 306 Å². The largest absolute Gasteiger partial charge is 0.456 e. The van der Waals surface area contributed by atoms with E-state index in [1.807, 2.05) is 91.0 Å². The average Bonchev–Trinajstić information content (AvgIpc) is 3.94. The number of thiophene rings is 1. The van der Waals surface area contributed by atoms with Crippen molar-refractivity contribution in [1.82, 2.24) is 19.9 Å². The number of para-hydroxylation sites is 3. The van der Waals surface area contributed by atoms with E-state index in [-0.39, 0.29) is 0 Å². The van der Waals surface area contributed by atoms with Gasteiger partial charge in [0.1, 0.15) is 16.7 Å². The summed E-state index contributed by atoms with van der Waals surface area (Å²) in [6, 6.07) is 53.6. The Morgan fingerprint density at radius 1 is 0.396 bits per heavy atom. The van der Waals surface area contributed by atoms with Crippen LogP contribution in [0.3, 0.4) is 0 Å². The molecule has 0 radical (unpaired) electrons. The molecule has 0 atom stereocenters. The maximum Gasteiger partial charge on any atom is 0.227 e. The highest BCUT2D eigenvalue weighted by Crippen LogP contribution is 2.42. The first kappa shape index (κ1) is 29.7. The van der Waals surface area contributed by atoms with E-state index in [9.17, 15) is 0 Å². The van der Waals surface area contributed by atoms with E-state index in [1.54, 1.807) is 11.3 Å². The van der Waals surface area contributed by atoms with E-state index >= 15 is 0 Å². The van der Waals surface area contributed by atoms with Gasteiger partial charge in [0, 0.05) is 53.2 Å². The molecule has 0 bridgehead atoms. The Morgan fingerprint density at radius 3 is 1.96 bits per heavy atom. The minimum atomic E-state index is 0.602. The molecular formula is C46H26N4O2S. The molecule has 53 heavy (non-hydrogen) atoms. The Hall–Kier alpha value is -6.96. The van der Waals surface area contributed by atoms with Crippen LogP contribution in [0.4, 0.5) is 0 Å². The van der Waals surface area contributed by atoms with E-state index in [2.05, 4.69) is 66.7 Å². The molecule has 0 aliphatic carbocycles. The number of aromatic nitrogens is 4. The van der Waals surface area contributed by atoms with Crippen LogP contribution in [0.1, 0.15) is 0 Å². The molecule has 6 nitrogen and oxygen atoms in total. The first-order valence-corrected chi connectivity index (χ1v) is 18.2. The minimum absolute atomic E-state index is 0.602. The van der Waals surface area contributed by atoms with Crippen molar-refractivity contribution in [2.24, 2.45) is 0 Å². The van der Waals surface area contributed by atoms with E-state index in [0.29, 0.717) is 23.4 Å². The molecule has 7 heteroatoms. The lowest BCUT2D eigenvalue weighted by Gasteiger charge is -2.10. The number of fused-ring (bicyclic) bond motifs is 7. The smallest absolute Gasteiger partial charge is 0.227 e. The Morgan fingerprint density at radius 2 is 1.06 bits per heavy atom. The minimum Gasteiger partial charge on any atom is -0.456 e. The summed E-state index contributed by atoms with van der Waals surface area (Å²) in [5, 5.41) is 4.37. The monoisotopic (exact) mass is 698 g/mol. The molecule has 0 amide bonds. The van der Waals surface area contributed by atoms with Gasteiger partial charge in [-0.3, -0.25) is 0 Å². The van der Waals surface area contributed by atoms with Gasteiger partial charge in [-0.15, -0.1) is 11.3 Å². The highest BCUT2D eigenvalue weighted by molar-refractivity contribution is 7.26. The summed E-state index contributed by atoms with van der Waals surface area (Å²) in [7, 11) is 0. The zero-order valence-electron chi connectivity index (χ0n) is 28.0. The maximum absolute atomic E-state index is 6.24. The SMILES string of the molecule is c1ccc(-c2nc(-c3cccc4c3sc3ccc(-c5cccc(-c6nc7ccccc7o6)c5)cc34)nc(-c3cccc4oc5ccccc5c34)n2)cc1. The van der Waals surface area contributed by atoms with Crippen molar-refractivity contribution in [3.05, 3.63) is 158 Å². The molecule has 4 aromatic heterocycles. The first-order chi connectivity index (χ1) is 26.2. The van der Waals surface area contributed by atoms with Crippen LogP contribution in [0.25, 0.3) is 110 Å². The third kappa shape index (κ3) is 4.93. The van der Waals surface area contributed by atoms with Gasteiger partial charge in [0.25, 0.3) is 0 Å². The van der Waals surface area contributed by atoms with Crippen LogP contribution < -0.4 is 0 Å². The van der Waals surface area contributed by atoms with Gasteiger partial charge in [0.2, 0.25) is 5.89 Å². The van der Waals surface area contributed by atoms with Crippen molar-refractivity contribution >= 4 is 64.5 Å². The van der Waals surface area contributed by atoms with Crippen LogP contribution >= 0.6 is 11.3 Å². The van der Waals surface area contributed by atoms with Crippen molar-refractivity contribution < 1.29 is 8.83 Å². The van der Waals surface area contributed by atoms with Gasteiger partial charge in [-0.2, -0.15) is 0 Å². The lowest BCUT2D eigenvalue weighted by molar-refractivity contribution is 0.620. The van der Waals surface area contributed by atoms with Gasteiger partial charge in [-0.25, -0.2) is 19.9 Å². The molecule has 0 saturated heterocycles. The first-order valence-electron chi connectivity index (χ1n) is 17.4. The third-order valence-electron chi connectivity index (χ3n) is 9.79. The van der Waals surface area contributed by atoms with Crippen molar-refractivity contribution in [2.45, 2.75) is 0 Å². The Balaban J connectivity index is 1.07. The van der Waals surface area contributed by atoms with Gasteiger partial charge in [-0.1, -0.05) is 103 Å². The number of rotatable bonds is 5. The molecule has 0 fully saturated rings. The summed E-state index contributed by atoms with van der Waals surface area (Å²) in [6.07, 6.45) is 0. The number of oxazole rings is 1. The third-order valence-corrected chi connectivity index (χ3v) is 11.0. The fourth-order valence-electron chi connectivity index (χ4n) is 7.28. The molecule has 0 N–H and O–H groups in total. The van der Waals surface area contributed by atoms with Crippen LogP contribution in [0, 0.1) is 0 Å². The number of hydrogen-bond donors (Lipinski definition) is 0. The van der Waals surface area contributed by atoms with Crippen molar-refractivity contribution in [2.75, 3.05) is 0 Å². The topological polar surface area (TPSA) is 77.8 Å². The zero-order chi connectivity index (χ0) is 34.9. The maximum atomic E-state index is 6.24. The van der Waals surface area contributed by atoms with E-state index in [1.165, 1.54) is 10.1 Å². The highest BCUT2D eigenvalue weighted by atomic mass is 32.1. The zero-order valence-corrected chi connectivity index (χ0v) is 28.8. The molecule has 248 valence electrons. The number of hydrogen-bond acceptors (Lipinski definition) is 7. The normalized spacial score (nSPS) is 11.8. The molecule has 4 heterocycles. The second kappa shape index (κ2) is 11.8. The van der Waals surface area contributed by atoms with Crippen molar-refractivity contribution in [1.29, 1.82) is 0 Å². The van der Waals surface area contributed by atoms with Gasteiger partial charge < -0.3 is 8.83 Å². The molecular weight excluding hydrogens is 673 g/mol. The molecule has 11 rings (SSSR count). The number of benzene rings is 7. The lowest BCUT2D eigenvalue weighted by atomic mass is 10.0. The second-order valence-electron chi connectivity index (χ2n) is 13.0. The fourth-order valence-corrected chi connectivity index (χ4v) is 8.47. The van der Waals surface area contributed by atoms with Crippen molar-refractivity contribution in [3.8, 4) is 56.7 Å². The molecule has 0 spiro atoms. The van der Waals surface area contributed by atoms with Gasteiger partial charge >= 0.3 is 0 Å². The molecule has 0 aliphatic heterocycles. The highest BCUT2D eigenvalue weighted by Gasteiger charge is 2.20. The van der Waals surface area contributed by atoms with E-state index in [0.717, 1.165) is 76.5 Å². The van der Waals surface area contributed by atoms with Gasteiger partial charge in [0.05, 0.1) is 0 Å². The average molecular weight is 699 g/mol. The van der Waals surface area contributed by atoms with E-state index < -0.39 is 0 Å². The predicted octanol–water partition coefficient (Wildman–Crippen LogP) is 12.6. The Kier molecular flexibility index (Phi) is 6.62. The Bertz CT molecular complexity index is 3160. The summed E-state index contributed by atoms with van der Waals surface area (Å²) >= 11 is 1.76. The number of nitrogens with zero attached hydrogens (tertiary/aromatic N) is 4. The number of furan rings is 1. The van der Waals surface area contributed by atoms with Crippen molar-refractivity contribution in [3.63, 3.8) is 0 Å². The summed E-state index contributed by atoms with van der Waals surface area (Å²) in [5.74, 6) is 2.46. The quantitative estimate of drug-likeness (QED) is 0.178. The molecule has 0 unspecified atom stereocenters. The lowest BCUT2D eigenvalue weighted by Crippen LogP contribution is -2.00. The summed E-state index contributed by atoms with van der Waals surface area (Å²) in [5.41, 5.74) is 9.21. The fraction of sp³-hybridized carbons (Fsp3) is 0. The summed E-state index contributed by atoms with van der Waals surface area (Å²) < 4.78 is 14.7. The predicted molar refractivity (Wildman–Crippen MR) is 215 cm³/mol. The molecule has 7 aromatic carbocycles. The molecule has 0 aliphatic rings. The molecule has 0 saturated carbocycles. The second-order valence-corrected chi connectivity index (χ2v) is 14.1. The van der Waals surface area contributed by atoms with Crippen LogP contribution in [0.5, 0.6) is 0 Å². The van der Waals surface area contributed by atoms with Crippen LogP contribution in [-0.2, 0) is 0 Å². The standard InChI is InChI=1S/C46H26N4O2S/c1-2-11-27(12-3-1)43-48-44(33-17-10-22-39-41(33)32-15-4-6-20-37(32)51-39)50-45(49-43)34-18-9-16-31-35-26-29(23-24-40(35)53-42(31)34)28-13-8-14-30(25-28)46-47-36-19-5-7-21-38(36)52-46/h1-26H. The summed E-state index contributed by atoms with van der Waals surface area (Å²) in [4.78, 5) is 20.1. The molecule has 11 aromatic rings. The van der Waals surface area contributed by atoms with Crippen LogP contribution in [0.2, 0.25) is 0 Å². The van der Waals surface area contributed by atoms with Gasteiger partial charge in [0.15, 0.2) is 23.1 Å². The van der Waals surface area contributed by atoms with Crippen LogP contribution in [0.15, 0.2) is 167 Å².